The summed E-state index contributed by atoms with van der Waals surface area (Å²) in [5.41, 5.74) is 0. The summed E-state index contributed by atoms with van der Waals surface area (Å²) in [5, 5.41) is 0. The first-order chi connectivity index (χ1) is 40.0. The molecule has 0 amide bonds. The minimum Gasteiger partial charge on any atom is -0.462 e. The fraction of sp³-hybridized carbons (Fsp3) is 0.640. The van der Waals surface area contributed by atoms with Crippen molar-refractivity contribution < 1.29 is 28.6 Å². The molecule has 0 aromatic heterocycles. The van der Waals surface area contributed by atoms with Crippen LogP contribution >= 0.6 is 0 Å². The van der Waals surface area contributed by atoms with Crippen molar-refractivity contribution in [2.75, 3.05) is 13.2 Å². The zero-order valence-corrected chi connectivity index (χ0v) is 52.5. The highest BCUT2D eigenvalue weighted by Gasteiger charge is 2.19. The summed E-state index contributed by atoms with van der Waals surface area (Å²) in [6.45, 7) is 6.47. The Balaban J connectivity index is 4.47. The molecule has 6 nitrogen and oxygen atoms in total. The summed E-state index contributed by atoms with van der Waals surface area (Å²) in [4.78, 5) is 38.3. The molecule has 0 heterocycles. The number of allylic oxidation sites excluding steroid dienone is 24. The SMILES string of the molecule is CC/C=C\C/C=C\C/C=C\C/C=C\C/C=C\C/C=C\C/C=C\C/C=C\C/C=C\CCCC(=O)OCC(COC(=O)CCCCCCCCCCCCCCC)OC(=O)CCCCCCCC/C=C\C/C=C\C/C=C\CCCCCCC. The number of hydrogen-bond donors (Lipinski definition) is 0. The monoisotopic (exact) mass is 1120 g/mol. The highest BCUT2D eigenvalue weighted by molar-refractivity contribution is 5.71. The lowest BCUT2D eigenvalue weighted by molar-refractivity contribution is -0.167. The molecule has 0 fully saturated rings. The topological polar surface area (TPSA) is 78.9 Å². The zero-order chi connectivity index (χ0) is 58.5. The lowest BCUT2D eigenvalue weighted by Crippen LogP contribution is -2.30. The Morgan fingerprint density at radius 1 is 0.259 bits per heavy atom. The van der Waals surface area contributed by atoms with E-state index in [9.17, 15) is 14.4 Å². The molecular formula is C75H122O6. The number of carbonyl (C=O) groups excluding carboxylic acids is 3. The predicted molar refractivity (Wildman–Crippen MR) is 352 cm³/mol. The molecule has 6 heteroatoms. The molecule has 0 saturated heterocycles. The van der Waals surface area contributed by atoms with Crippen LogP contribution in [0.15, 0.2) is 146 Å². The normalized spacial score (nSPS) is 13.1. The summed E-state index contributed by atoms with van der Waals surface area (Å²) in [6, 6.07) is 0. The van der Waals surface area contributed by atoms with Gasteiger partial charge in [-0.15, -0.1) is 0 Å². The van der Waals surface area contributed by atoms with Gasteiger partial charge in [0.15, 0.2) is 6.10 Å². The van der Waals surface area contributed by atoms with Crippen molar-refractivity contribution in [3.63, 3.8) is 0 Å². The van der Waals surface area contributed by atoms with E-state index in [1.807, 2.05) is 0 Å². The maximum Gasteiger partial charge on any atom is 0.306 e. The minimum atomic E-state index is -0.814. The van der Waals surface area contributed by atoms with Gasteiger partial charge in [-0.1, -0.05) is 295 Å². The lowest BCUT2D eigenvalue weighted by Gasteiger charge is -2.18. The standard InChI is InChI=1S/C75H122O6/c1-4-7-10-13-16-19-22-25-27-29-31-33-34-35-36-37-38-39-40-42-43-45-47-50-53-56-59-62-65-68-74(77)80-71-72(70-79-73(76)67-64-61-58-55-52-49-24-21-18-15-12-9-6-3)81-75(78)69-66-63-60-57-54-51-48-46-44-41-32-30-28-26-23-20-17-14-11-8-5-2/h7,10,16,19,23,25-27,30-33,35-36,38-39,42-44,46-47,50,56,59,72H,4-6,8-9,11-15,17-18,20-22,24,28-29,34,37,40-41,45,48-49,51-55,57-58,60-71H2,1-3H3/b10-7-,19-16-,26-23-,27-25-,32-30-,33-31-,36-35-,39-38-,43-42-,46-44-,50-47-,59-56-. The molecule has 0 saturated carbocycles. The van der Waals surface area contributed by atoms with E-state index in [2.05, 4.69) is 167 Å². The number of carbonyl (C=O) groups is 3. The van der Waals surface area contributed by atoms with E-state index in [1.54, 1.807) is 0 Å². The largest absolute Gasteiger partial charge is 0.462 e. The van der Waals surface area contributed by atoms with Crippen LogP contribution in [0.4, 0.5) is 0 Å². The molecule has 0 aliphatic heterocycles. The van der Waals surface area contributed by atoms with Gasteiger partial charge in [-0.25, -0.2) is 0 Å². The molecule has 458 valence electrons. The van der Waals surface area contributed by atoms with Gasteiger partial charge in [-0.2, -0.15) is 0 Å². The summed E-state index contributed by atoms with van der Waals surface area (Å²) in [5.74, 6) is -0.977. The van der Waals surface area contributed by atoms with E-state index < -0.39 is 6.10 Å². The Morgan fingerprint density at radius 3 is 0.802 bits per heavy atom. The number of hydrogen-bond acceptors (Lipinski definition) is 6. The first kappa shape index (κ1) is 76.3. The van der Waals surface area contributed by atoms with Gasteiger partial charge in [0.2, 0.25) is 0 Å². The van der Waals surface area contributed by atoms with E-state index in [0.717, 1.165) is 128 Å². The highest BCUT2D eigenvalue weighted by atomic mass is 16.6. The van der Waals surface area contributed by atoms with Crippen LogP contribution in [0.3, 0.4) is 0 Å². The molecule has 1 atom stereocenters. The van der Waals surface area contributed by atoms with Gasteiger partial charge in [-0.3, -0.25) is 14.4 Å². The van der Waals surface area contributed by atoms with E-state index in [-0.39, 0.29) is 37.5 Å². The van der Waals surface area contributed by atoms with Crippen LogP contribution in [-0.4, -0.2) is 37.2 Å². The van der Waals surface area contributed by atoms with Crippen LogP contribution in [0.1, 0.15) is 290 Å². The van der Waals surface area contributed by atoms with Crippen LogP contribution in [0, 0.1) is 0 Å². The Labute approximate surface area is 499 Å². The van der Waals surface area contributed by atoms with Crippen LogP contribution in [0.5, 0.6) is 0 Å². The Kier molecular flexibility index (Phi) is 63.9. The third-order valence-corrected chi connectivity index (χ3v) is 13.8. The van der Waals surface area contributed by atoms with Gasteiger partial charge in [0.1, 0.15) is 13.2 Å². The zero-order valence-electron chi connectivity index (χ0n) is 52.5. The quantitative estimate of drug-likeness (QED) is 0.0261. The minimum absolute atomic E-state index is 0.104. The van der Waals surface area contributed by atoms with Gasteiger partial charge >= 0.3 is 17.9 Å². The molecule has 0 bridgehead atoms. The third kappa shape index (κ3) is 66.0. The Morgan fingerprint density at radius 2 is 0.494 bits per heavy atom. The second-order valence-electron chi connectivity index (χ2n) is 21.6. The first-order valence-corrected chi connectivity index (χ1v) is 33.3. The molecular weight excluding hydrogens is 997 g/mol. The molecule has 0 aliphatic carbocycles. The fourth-order valence-corrected chi connectivity index (χ4v) is 8.86. The summed E-state index contributed by atoms with van der Waals surface area (Å²) in [7, 11) is 0. The Bertz CT molecular complexity index is 1760. The number of ether oxygens (including phenoxy) is 3. The van der Waals surface area contributed by atoms with Crippen molar-refractivity contribution in [3.8, 4) is 0 Å². The van der Waals surface area contributed by atoms with Crippen molar-refractivity contribution in [1.82, 2.24) is 0 Å². The Hall–Kier alpha value is -4.71. The maximum absolute atomic E-state index is 12.9. The van der Waals surface area contributed by atoms with Crippen molar-refractivity contribution in [2.45, 2.75) is 297 Å². The van der Waals surface area contributed by atoms with Crippen molar-refractivity contribution in [2.24, 2.45) is 0 Å². The van der Waals surface area contributed by atoms with Gasteiger partial charge in [0.25, 0.3) is 0 Å². The first-order valence-electron chi connectivity index (χ1n) is 33.3. The van der Waals surface area contributed by atoms with Crippen molar-refractivity contribution in [3.05, 3.63) is 146 Å². The fourth-order valence-electron chi connectivity index (χ4n) is 8.86. The molecule has 0 N–H and O–H groups in total. The van der Waals surface area contributed by atoms with Gasteiger partial charge in [0.05, 0.1) is 0 Å². The molecule has 0 rings (SSSR count). The maximum atomic E-state index is 12.9. The van der Waals surface area contributed by atoms with Gasteiger partial charge in [-0.05, 0) is 122 Å². The number of rotatable bonds is 59. The summed E-state index contributed by atoms with van der Waals surface area (Å²) in [6.07, 6.45) is 97.1. The number of esters is 3. The van der Waals surface area contributed by atoms with E-state index in [0.29, 0.717) is 19.3 Å². The van der Waals surface area contributed by atoms with Crippen LogP contribution in [0.2, 0.25) is 0 Å². The molecule has 1 unspecified atom stereocenters. The third-order valence-electron chi connectivity index (χ3n) is 13.8. The van der Waals surface area contributed by atoms with Crippen molar-refractivity contribution in [1.29, 1.82) is 0 Å². The highest BCUT2D eigenvalue weighted by Crippen LogP contribution is 2.15. The smallest absolute Gasteiger partial charge is 0.306 e. The van der Waals surface area contributed by atoms with Gasteiger partial charge in [0, 0.05) is 19.3 Å². The molecule has 0 spiro atoms. The second-order valence-corrected chi connectivity index (χ2v) is 21.6. The lowest BCUT2D eigenvalue weighted by atomic mass is 10.0. The molecule has 0 aromatic carbocycles. The second kappa shape index (κ2) is 67.8. The van der Waals surface area contributed by atoms with E-state index >= 15 is 0 Å². The van der Waals surface area contributed by atoms with E-state index in [4.69, 9.17) is 14.2 Å². The average Bonchev–Trinajstić information content (AvgIpc) is 3.46. The van der Waals surface area contributed by atoms with Crippen LogP contribution in [-0.2, 0) is 28.6 Å². The van der Waals surface area contributed by atoms with Crippen LogP contribution < -0.4 is 0 Å². The predicted octanol–water partition coefficient (Wildman–Crippen LogP) is 23.1. The average molecular weight is 1120 g/mol. The molecule has 0 aliphatic rings. The molecule has 0 aromatic rings. The van der Waals surface area contributed by atoms with Crippen LogP contribution in [0.25, 0.3) is 0 Å². The molecule has 0 radical (unpaired) electrons. The summed E-state index contributed by atoms with van der Waals surface area (Å²) < 4.78 is 16.9. The number of unbranched alkanes of at least 4 members (excludes halogenated alkanes) is 24. The van der Waals surface area contributed by atoms with Gasteiger partial charge < -0.3 is 14.2 Å². The van der Waals surface area contributed by atoms with Crippen molar-refractivity contribution >= 4 is 17.9 Å². The van der Waals surface area contributed by atoms with E-state index in [1.165, 1.54) is 116 Å². The summed E-state index contributed by atoms with van der Waals surface area (Å²) >= 11 is 0. The molecule has 81 heavy (non-hydrogen) atoms.